The summed E-state index contributed by atoms with van der Waals surface area (Å²) in [5, 5.41) is 10.2. The molecule has 0 bridgehead atoms. The maximum Gasteiger partial charge on any atom is 0.224 e. The van der Waals surface area contributed by atoms with Crippen molar-refractivity contribution in [1.82, 2.24) is 14.9 Å². The fraction of sp³-hybridized carbons (Fsp3) is 0.692. The van der Waals surface area contributed by atoms with Gasteiger partial charge < -0.3 is 10.0 Å². The standard InChI is InChI=1S/C13H19Cl2N3O/c1-8-11(12(14)17-13(15)16-8)4-6-18-5-3-10(7-18)9(2)19/h9-10,19H,3-7H2,1-2H3. The number of nitrogens with zero attached hydrogens (tertiary/aromatic N) is 3. The van der Waals surface area contributed by atoms with Gasteiger partial charge in [0.05, 0.1) is 6.10 Å². The van der Waals surface area contributed by atoms with Crippen molar-refractivity contribution in [3.05, 3.63) is 21.7 Å². The maximum absolute atomic E-state index is 9.59. The van der Waals surface area contributed by atoms with Gasteiger partial charge in [-0.15, -0.1) is 0 Å². The van der Waals surface area contributed by atoms with Crippen molar-refractivity contribution in [2.24, 2.45) is 5.92 Å². The van der Waals surface area contributed by atoms with Crippen LogP contribution in [0.25, 0.3) is 0 Å². The zero-order valence-corrected chi connectivity index (χ0v) is 12.7. The second-order valence-corrected chi connectivity index (χ2v) is 5.88. The summed E-state index contributed by atoms with van der Waals surface area (Å²) in [6.07, 6.45) is 1.64. The van der Waals surface area contributed by atoms with Gasteiger partial charge in [-0.25, -0.2) is 9.97 Å². The van der Waals surface area contributed by atoms with Crippen LogP contribution < -0.4 is 0 Å². The van der Waals surface area contributed by atoms with E-state index >= 15 is 0 Å². The van der Waals surface area contributed by atoms with Crippen molar-refractivity contribution < 1.29 is 5.11 Å². The van der Waals surface area contributed by atoms with Crippen molar-refractivity contribution in [2.75, 3.05) is 19.6 Å². The summed E-state index contributed by atoms with van der Waals surface area (Å²) in [6, 6.07) is 0. The molecule has 106 valence electrons. The van der Waals surface area contributed by atoms with Crippen LogP contribution in [-0.2, 0) is 6.42 Å². The van der Waals surface area contributed by atoms with Crippen LogP contribution in [0.15, 0.2) is 0 Å². The van der Waals surface area contributed by atoms with Crippen molar-refractivity contribution in [3.63, 3.8) is 0 Å². The van der Waals surface area contributed by atoms with Crippen LogP contribution in [0.1, 0.15) is 24.6 Å². The van der Waals surface area contributed by atoms with Crippen molar-refractivity contribution in [3.8, 4) is 0 Å². The average Bonchev–Trinajstić information content (AvgIpc) is 2.76. The fourth-order valence-electron chi connectivity index (χ4n) is 2.54. The van der Waals surface area contributed by atoms with E-state index in [0.29, 0.717) is 11.1 Å². The number of aliphatic hydroxyl groups excluding tert-OH is 1. The minimum atomic E-state index is -0.228. The molecule has 1 saturated heterocycles. The van der Waals surface area contributed by atoms with Gasteiger partial charge >= 0.3 is 0 Å². The van der Waals surface area contributed by atoms with Crippen LogP contribution in [0.3, 0.4) is 0 Å². The van der Waals surface area contributed by atoms with E-state index in [-0.39, 0.29) is 11.4 Å². The van der Waals surface area contributed by atoms with Gasteiger partial charge in [0.15, 0.2) is 0 Å². The highest BCUT2D eigenvalue weighted by molar-refractivity contribution is 6.32. The molecule has 1 aliphatic rings. The summed E-state index contributed by atoms with van der Waals surface area (Å²) in [6.45, 7) is 6.65. The Bertz CT molecular complexity index is 431. The lowest BCUT2D eigenvalue weighted by atomic mass is 10.0. The molecule has 0 aliphatic carbocycles. The van der Waals surface area contributed by atoms with E-state index in [1.807, 2.05) is 13.8 Å². The minimum Gasteiger partial charge on any atom is -0.393 e. The molecule has 0 aromatic carbocycles. The number of halogens is 2. The van der Waals surface area contributed by atoms with Crippen LogP contribution in [0.4, 0.5) is 0 Å². The number of rotatable bonds is 4. The molecule has 0 spiro atoms. The van der Waals surface area contributed by atoms with E-state index in [2.05, 4.69) is 14.9 Å². The zero-order valence-electron chi connectivity index (χ0n) is 11.2. The lowest BCUT2D eigenvalue weighted by molar-refractivity contribution is 0.128. The minimum absolute atomic E-state index is 0.196. The van der Waals surface area contributed by atoms with Crippen LogP contribution in [0.2, 0.25) is 10.4 Å². The first-order chi connectivity index (χ1) is 8.97. The van der Waals surface area contributed by atoms with Gasteiger partial charge in [-0.05, 0) is 50.8 Å². The largest absolute Gasteiger partial charge is 0.393 e. The molecule has 1 aliphatic heterocycles. The lowest BCUT2D eigenvalue weighted by Gasteiger charge is -2.18. The zero-order chi connectivity index (χ0) is 14.0. The normalized spacial score (nSPS) is 21.8. The fourth-order valence-corrected chi connectivity index (χ4v) is 3.11. The third-order valence-electron chi connectivity index (χ3n) is 3.81. The van der Waals surface area contributed by atoms with Crippen molar-refractivity contribution in [2.45, 2.75) is 32.8 Å². The molecule has 2 atom stereocenters. The Morgan fingerprint density at radius 2 is 2.16 bits per heavy atom. The van der Waals surface area contributed by atoms with Gasteiger partial charge in [-0.2, -0.15) is 0 Å². The van der Waals surface area contributed by atoms with E-state index in [9.17, 15) is 5.11 Å². The quantitative estimate of drug-likeness (QED) is 0.685. The molecule has 2 rings (SSSR count). The first kappa shape index (κ1) is 15.0. The summed E-state index contributed by atoms with van der Waals surface area (Å²) >= 11 is 11.9. The summed E-state index contributed by atoms with van der Waals surface area (Å²) in [7, 11) is 0. The molecule has 2 unspecified atom stereocenters. The molecule has 0 amide bonds. The first-order valence-electron chi connectivity index (χ1n) is 6.56. The molecule has 4 nitrogen and oxygen atoms in total. The lowest BCUT2D eigenvalue weighted by Crippen LogP contribution is -2.26. The number of likely N-dealkylation sites (tertiary alicyclic amines) is 1. The van der Waals surface area contributed by atoms with Gasteiger partial charge in [0.25, 0.3) is 0 Å². The predicted molar refractivity (Wildman–Crippen MR) is 76.7 cm³/mol. The highest BCUT2D eigenvalue weighted by Gasteiger charge is 2.25. The third-order valence-corrected chi connectivity index (χ3v) is 4.29. The summed E-state index contributed by atoms with van der Waals surface area (Å²) < 4.78 is 0. The Hall–Kier alpha value is -0.420. The van der Waals surface area contributed by atoms with Crippen LogP contribution >= 0.6 is 23.2 Å². The number of aliphatic hydroxyl groups is 1. The molecule has 19 heavy (non-hydrogen) atoms. The number of aromatic nitrogens is 2. The Morgan fingerprint density at radius 1 is 1.42 bits per heavy atom. The molecule has 1 aromatic heterocycles. The molecule has 1 fully saturated rings. The summed E-state index contributed by atoms with van der Waals surface area (Å²) in [5.41, 5.74) is 1.81. The second kappa shape index (κ2) is 6.35. The van der Waals surface area contributed by atoms with E-state index in [0.717, 1.165) is 43.7 Å². The van der Waals surface area contributed by atoms with Crippen LogP contribution in [-0.4, -0.2) is 45.7 Å². The van der Waals surface area contributed by atoms with E-state index in [1.165, 1.54) is 0 Å². The maximum atomic E-state index is 9.59. The summed E-state index contributed by atoms with van der Waals surface area (Å²) in [4.78, 5) is 10.5. The SMILES string of the molecule is Cc1nc(Cl)nc(Cl)c1CCN1CCC(C(C)O)C1. The predicted octanol–water partition coefficient (Wildman–Crippen LogP) is 2.34. The van der Waals surface area contributed by atoms with Crippen LogP contribution in [0.5, 0.6) is 0 Å². The molecular formula is C13H19Cl2N3O. The Kier molecular flexibility index (Phi) is 5.01. The number of aryl methyl sites for hydroxylation is 1. The van der Waals surface area contributed by atoms with E-state index in [1.54, 1.807) is 0 Å². The molecule has 1 N–H and O–H groups in total. The second-order valence-electron chi connectivity index (χ2n) is 5.19. The Morgan fingerprint density at radius 3 is 2.74 bits per heavy atom. The Balaban J connectivity index is 1.93. The monoisotopic (exact) mass is 303 g/mol. The summed E-state index contributed by atoms with van der Waals surface area (Å²) in [5.74, 6) is 0.387. The smallest absolute Gasteiger partial charge is 0.224 e. The first-order valence-corrected chi connectivity index (χ1v) is 7.32. The van der Waals surface area contributed by atoms with Gasteiger partial charge in [-0.3, -0.25) is 0 Å². The average molecular weight is 304 g/mol. The van der Waals surface area contributed by atoms with Crippen LogP contribution in [0, 0.1) is 12.8 Å². The molecule has 2 heterocycles. The number of hydrogen-bond acceptors (Lipinski definition) is 4. The topological polar surface area (TPSA) is 49.2 Å². The molecule has 0 radical (unpaired) electrons. The van der Waals surface area contributed by atoms with Gasteiger partial charge in [0.1, 0.15) is 5.15 Å². The third kappa shape index (κ3) is 3.78. The van der Waals surface area contributed by atoms with E-state index in [4.69, 9.17) is 23.2 Å². The molecule has 6 heteroatoms. The highest BCUT2D eigenvalue weighted by atomic mass is 35.5. The Labute approximate surface area is 123 Å². The van der Waals surface area contributed by atoms with Gasteiger partial charge in [0.2, 0.25) is 5.28 Å². The molecular weight excluding hydrogens is 285 g/mol. The van der Waals surface area contributed by atoms with Gasteiger partial charge in [0, 0.05) is 24.3 Å². The highest BCUT2D eigenvalue weighted by Crippen LogP contribution is 2.22. The molecule has 1 aromatic rings. The van der Waals surface area contributed by atoms with Crippen molar-refractivity contribution >= 4 is 23.2 Å². The van der Waals surface area contributed by atoms with Gasteiger partial charge in [-0.1, -0.05) is 11.6 Å². The number of hydrogen-bond donors (Lipinski definition) is 1. The van der Waals surface area contributed by atoms with E-state index < -0.39 is 0 Å². The van der Waals surface area contributed by atoms with Crippen molar-refractivity contribution in [1.29, 1.82) is 0 Å². The molecule has 0 saturated carbocycles.